The number of hydrogen-bond acceptors (Lipinski definition) is 6. The average molecular weight is 419 g/mol. The average Bonchev–Trinajstić information content (AvgIpc) is 2.77. The molecule has 8 nitrogen and oxygen atoms in total. The molecule has 0 aliphatic heterocycles. The molecule has 0 saturated heterocycles. The van der Waals surface area contributed by atoms with Gasteiger partial charge in [-0.2, -0.15) is 0 Å². The SMILES string of the molecule is COCCCNC(=O)c1ccc(Nc2nccc(-c3cccc(C(N)=O)c3C)n2)cc1. The third-order valence-corrected chi connectivity index (χ3v) is 4.74. The van der Waals surface area contributed by atoms with Gasteiger partial charge >= 0.3 is 0 Å². The molecule has 3 rings (SSSR count). The minimum absolute atomic E-state index is 0.134. The van der Waals surface area contributed by atoms with Crippen molar-refractivity contribution in [1.29, 1.82) is 0 Å². The van der Waals surface area contributed by atoms with Gasteiger partial charge in [0.25, 0.3) is 5.91 Å². The summed E-state index contributed by atoms with van der Waals surface area (Å²) in [7, 11) is 1.63. The van der Waals surface area contributed by atoms with Crippen molar-refractivity contribution in [1.82, 2.24) is 15.3 Å². The fourth-order valence-electron chi connectivity index (χ4n) is 3.10. The van der Waals surface area contributed by atoms with Crippen LogP contribution < -0.4 is 16.4 Å². The molecule has 31 heavy (non-hydrogen) atoms. The van der Waals surface area contributed by atoms with Gasteiger partial charge in [0, 0.05) is 48.8 Å². The smallest absolute Gasteiger partial charge is 0.251 e. The van der Waals surface area contributed by atoms with E-state index in [1.54, 1.807) is 55.8 Å². The molecule has 0 radical (unpaired) electrons. The lowest BCUT2D eigenvalue weighted by Crippen LogP contribution is -2.25. The van der Waals surface area contributed by atoms with Crippen molar-refractivity contribution in [2.45, 2.75) is 13.3 Å². The number of aromatic nitrogens is 2. The predicted molar refractivity (Wildman–Crippen MR) is 119 cm³/mol. The number of primary amides is 1. The summed E-state index contributed by atoms with van der Waals surface area (Å²) in [6, 6.07) is 14.2. The van der Waals surface area contributed by atoms with Gasteiger partial charge in [0.2, 0.25) is 11.9 Å². The maximum absolute atomic E-state index is 12.2. The molecule has 0 spiro atoms. The summed E-state index contributed by atoms with van der Waals surface area (Å²) in [6.45, 7) is 3.00. The quantitative estimate of drug-likeness (QED) is 0.459. The molecule has 2 aromatic carbocycles. The minimum Gasteiger partial charge on any atom is -0.385 e. The second kappa shape index (κ2) is 10.3. The third kappa shape index (κ3) is 5.64. The highest BCUT2D eigenvalue weighted by Crippen LogP contribution is 2.25. The van der Waals surface area contributed by atoms with E-state index in [0.29, 0.717) is 35.9 Å². The molecule has 0 bridgehead atoms. The molecule has 4 N–H and O–H groups in total. The molecule has 2 amide bonds. The van der Waals surface area contributed by atoms with E-state index in [0.717, 1.165) is 23.2 Å². The number of nitrogens with one attached hydrogen (secondary N) is 2. The van der Waals surface area contributed by atoms with Crippen LogP contribution >= 0.6 is 0 Å². The standard InChI is InChI=1S/C23H25N5O3/c1-15-18(5-3-6-19(15)21(24)29)20-11-13-26-23(28-20)27-17-9-7-16(8-10-17)22(30)25-12-4-14-31-2/h3,5-11,13H,4,12,14H2,1-2H3,(H2,24,29)(H,25,30)(H,26,27,28). The number of nitrogens with two attached hydrogens (primary N) is 1. The van der Waals surface area contributed by atoms with E-state index in [9.17, 15) is 9.59 Å². The molecule has 3 aromatic rings. The van der Waals surface area contributed by atoms with Crippen LogP contribution in [0.2, 0.25) is 0 Å². The van der Waals surface area contributed by atoms with E-state index in [1.165, 1.54) is 0 Å². The summed E-state index contributed by atoms with van der Waals surface area (Å²) >= 11 is 0. The number of ether oxygens (including phenoxy) is 1. The monoisotopic (exact) mass is 419 g/mol. The molecule has 0 aliphatic rings. The number of rotatable bonds is 9. The summed E-state index contributed by atoms with van der Waals surface area (Å²) in [5, 5.41) is 5.98. The fourth-order valence-corrected chi connectivity index (χ4v) is 3.10. The molecule has 8 heteroatoms. The number of carbonyl (C=O) groups excluding carboxylic acids is 2. The number of anilines is 2. The van der Waals surface area contributed by atoms with Crippen LogP contribution in [0.25, 0.3) is 11.3 Å². The number of nitrogens with zero attached hydrogens (tertiary/aromatic N) is 2. The molecule has 0 saturated carbocycles. The number of hydrogen-bond donors (Lipinski definition) is 3. The zero-order valence-electron chi connectivity index (χ0n) is 17.5. The summed E-state index contributed by atoms with van der Waals surface area (Å²) in [5.74, 6) is -0.210. The van der Waals surface area contributed by atoms with E-state index >= 15 is 0 Å². The van der Waals surface area contributed by atoms with Crippen molar-refractivity contribution in [2.24, 2.45) is 5.73 Å². The van der Waals surface area contributed by atoms with Crippen LogP contribution in [0.1, 0.15) is 32.7 Å². The summed E-state index contributed by atoms with van der Waals surface area (Å²) in [5.41, 5.74) is 9.46. The van der Waals surface area contributed by atoms with E-state index in [-0.39, 0.29) is 5.91 Å². The summed E-state index contributed by atoms with van der Waals surface area (Å²) in [4.78, 5) is 32.6. The maximum atomic E-state index is 12.2. The van der Waals surface area contributed by atoms with Crippen LogP contribution in [0.4, 0.5) is 11.6 Å². The highest BCUT2D eigenvalue weighted by Gasteiger charge is 2.12. The lowest BCUT2D eigenvalue weighted by Gasteiger charge is -2.11. The van der Waals surface area contributed by atoms with E-state index in [4.69, 9.17) is 10.5 Å². The zero-order valence-corrected chi connectivity index (χ0v) is 17.5. The Bertz CT molecular complexity index is 1070. The molecular formula is C23H25N5O3. The van der Waals surface area contributed by atoms with E-state index in [1.807, 2.05) is 13.0 Å². The maximum Gasteiger partial charge on any atom is 0.251 e. The highest BCUT2D eigenvalue weighted by atomic mass is 16.5. The van der Waals surface area contributed by atoms with Crippen molar-refractivity contribution in [2.75, 3.05) is 25.6 Å². The van der Waals surface area contributed by atoms with E-state index < -0.39 is 5.91 Å². The lowest BCUT2D eigenvalue weighted by molar-refractivity contribution is 0.0947. The van der Waals surface area contributed by atoms with E-state index in [2.05, 4.69) is 20.6 Å². The van der Waals surface area contributed by atoms with Gasteiger partial charge in [-0.25, -0.2) is 9.97 Å². The Hall–Kier alpha value is -3.78. The van der Waals surface area contributed by atoms with Crippen molar-refractivity contribution >= 4 is 23.5 Å². The molecule has 0 unspecified atom stereocenters. The van der Waals surface area contributed by atoms with Gasteiger partial charge < -0.3 is 21.1 Å². The second-order valence-electron chi connectivity index (χ2n) is 6.91. The van der Waals surface area contributed by atoms with Crippen LogP contribution in [-0.4, -0.2) is 42.0 Å². The first-order chi connectivity index (χ1) is 15.0. The molecule has 1 aromatic heterocycles. The van der Waals surface area contributed by atoms with Crippen molar-refractivity contribution in [3.63, 3.8) is 0 Å². The molecular weight excluding hydrogens is 394 g/mol. The normalized spacial score (nSPS) is 10.5. The Morgan fingerprint density at radius 3 is 2.58 bits per heavy atom. The van der Waals surface area contributed by atoms with Gasteiger partial charge in [-0.15, -0.1) is 0 Å². The zero-order chi connectivity index (χ0) is 22.2. The van der Waals surface area contributed by atoms with Crippen LogP contribution in [-0.2, 0) is 4.74 Å². The number of benzene rings is 2. The molecule has 1 heterocycles. The topological polar surface area (TPSA) is 119 Å². The van der Waals surface area contributed by atoms with Gasteiger partial charge in [0.15, 0.2) is 0 Å². The minimum atomic E-state index is -0.477. The van der Waals surface area contributed by atoms with Crippen LogP contribution in [0.15, 0.2) is 54.7 Å². The highest BCUT2D eigenvalue weighted by molar-refractivity contribution is 5.96. The largest absolute Gasteiger partial charge is 0.385 e. The Labute approximate surface area is 180 Å². The Balaban J connectivity index is 1.71. The predicted octanol–water partition coefficient (Wildman–Crippen LogP) is 3.06. The first-order valence-corrected chi connectivity index (χ1v) is 9.86. The first-order valence-electron chi connectivity index (χ1n) is 9.86. The van der Waals surface area contributed by atoms with Crippen molar-refractivity contribution in [3.8, 4) is 11.3 Å². The molecule has 160 valence electrons. The van der Waals surface area contributed by atoms with Gasteiger partial charge in [0.05, 0.1) is 5.69 Å². The van der Waals surface area contributed by atoms with Crippen molar-refractivity contribution < 1.29 is 14.3 Å². The van der Waals surface area contributed by atoms with Gasteiger partial charge in [0.1, 0.15) is 0 Å². The van der Waals surface area contributed by atoms with Gasteiger partial charge in [-0.05, 0) is 55.3 Å². The number of carbonyl (C=O) groups is 2. The Morgan fingerprint density at radius 2 is 1.87 bits per heavy atom. The van der Waals surface area contributed by atoms with Crippen LogP contribution in [0, 0.1) is 6.92 Å². The Kier molecular flexibility index (Phi) is 7.29. The lowest BCUT2D eigenvalue weighted by atomic mass is 9.99. The second-order valence-corrected chi connectivity index (χ2v) is 6.91. The first kappa shape index (κ1) is 21.9. The van der Waals surface area contributed by atoms with Crippen molar-refractivity contribution in [3.05, 3.63) is 71.4 Å². The van der Waals surface area contributed by atoms with Gasteiger partial charge in [-0.3, -0.25) is 9.59 Å². The summed E-state index contributed by atoms with van der Waals surface area (Å²) in [6.07, 6.45) is 2.40. The number of amides is 2. The fraction of sp³-hybridized carbons (Fsp3) is 0.217. The van der Waals surface area contributed by atoms with Crippen LogP contribution in [0.3, 0.4) is 0 Å². The van der Waals surface area contributed by atoms with Crippen LogP contribution in [0.5, 0.6) is 0 Å². The third-order valence-electron chi connectivity index (χ3n) is 4.74. The molecule has 0 fully saturated rings. The molecule has 0 atom stereocenters. The Morgan fingerprint density at radius 1 is 1.10 bits per heavy atom. The van der Waals surface area contributed by atoms with Gasteiger partial charge in [-0.1, -0.05) is 12.1 Å². The number of methoxy groups -OCH3 is 1. The molecule has 0 aliphatic carbocycles. The summed E-state index contributed by atoms with van der Waals surface area (Å²) < 4.78 is 4.97.